The highest BCUT2D eigenvalue weighted by Crippen LogP contribution is 2.26. The third kappa shape index (κ3) is 3.19. The van der Waals surface area contributed by atoms with Gasteiger partial charge in [-0.15, -0.1) is 0 Å². The van der Waals surface area contributed by atoms with Crippen LogP contribution in [0.15, 0.2) is 18.2 Å². The predicted molar refractivity (Wildman–Crippen MR) is 64.5 cm³/mol. The minimum atomic E-state index is -0.779. The fourth-order valence-corrected chi connectivity index (χ4v) is 2.30. The molecule has 17 heavy (non-hydrogen) atoms. The Balaban J connectivity index is 2.04. The first-order valence-corrected chi connectivity index (χ1v) is 6.31. The van der Waals surface area contributed by atoms with Crippen LogP contribution in [0.25, 0.3) is 0 Å². The van der Waals surface area contributed by atoms with Crippen molar-refractivity contribution in [1.29, 1.82) is 0 Å². The minimum Gasteiger partial charge on any atom is -0.490 e. The Hall–Kier alpha value is -1.09. The number of aliphatic hydroxyl groups is 1. The SMILES string of the molecule is C[C@@H](O)c1ccc(OC2CCCCC2)cc1F. The molecule has 1 atom stereocenters. The number of aliphatic hydroxyl groups excluding tert-OH is 1. The Labute approximate surface area is 101 Å². The maximum absolute atomic E-state index is 13.6. The molecule has 2 rings (SSSR count). The van der Waals surface area contributed by atoms with Crippen LogP contribution in [0.1, 0.15) is 50.7 Å². The fourth-order valence-electron chi connectivity index (χ4n) is 2.30. The van der Waals surface area contributed by atoms with Crippen molar-refractivity contribution in [3.8, 4) is 5.75 Å². The van der Waals surface area contributed by atoms with Crippen LogP contribution in [-0.2, 0) is 0 Å². The molecule has 1 aromatic rings. The predicted octanol–water partition coefficient (Wildman–Crippen LogP) is 3.59. The molecule has 2 nitrogen and oxygen atoms in total. The summed E-state index contributed by atoms with van der Waals surface area (Å²) in [6, 6.07) is 4.70. The Kier molecular flexibility index (Phi) is 4.00. The van der Waals surface area contributed by atoms with Crippen molar-refractivity contribution < 1.29 is 14.2 Å². The smallest absolute Gasteiger partial charge is 0.132 e. The molecule has 3 heteroatoms. The zero-order valence-corrected chi connectivity index (χ0v) is 10.2. The normalized spacial score (nSPS) is 19.0. The van der Waals surface area contributed by atoms with Crippen molar-refractivity contribution >= 4 is 0 Å². The van der Waals surface area contributed by atoms with E-state index in [0.29, 0.717) is 11.3 Å². The van der Waals surface area contributed by atoms with Gasteiger partial charge in [0.25, 0.3) is 0 Å². The van der Waals surface area contributed by atoms with Crippen LogP contribution in [0.4, 0.5) is 4.39 Å². The summed E-state index contributed by atoms with van der Waals surface area (Å²) in [6.45, 7) is 1.56. The van der Waals surface area contributed by atoms with Gasteiger partial charge in [0, 0.05) is 11.6 Å². The molecule has 0 spiro atoms. The van der Waals surface area contributed by atoms with Crippen molar-refractivity contribution in [1.82, 2.24) is 0 Å². The van der Waals surface area contributed by atoms with E-state index >= 15 is 0 Å². The second kappa shape index (κ2) is 5.50. The summed E-state index contributed by atoms with van der Waals surface area (Å²) in [5.74, 6) is 0.173. The lowest BCUT2D eigenvalue weighted by atomic mass is 9.98. The second-order valence-corrected chi connectivity index (χ2v) is 4.74. The summed E-state index contributed by atoms with van der Waals surface area (Å²) < 4.78 is 19.4. The maximum Gasteiger partial charge on any atom is 0.132 e. The number of ether oxygens (including phenoxy) is 1. The van der Waals surface area contributed by atoms with Gasteiger partial charge in [0.1, 0.15) is 11.6 Å². The largest absolute Gasteiger partial charge is 0.490 e. The average Bonchev–Trinajstić information content (AvgIpc) is 2.30. The molecule has 0 radical (unpaired) electrons. The summed E-state index contributed by atoms with van der Waals surface area (Å²) >= 11 is 0. The van der Waals surface area contributed by atoms with Crippen LogP contribution in [0.2, 0.25) is 0 Å². The van der Waals surface area contributed by atoms with E-state index in [0.717, 1.165) is 12.8 Å². The molecule has 0 saturated heterocycles. The van der Waals surface area contributed by atoms with Crippen LogP contribution in [0.5, 0.6) is 5.75 Å². The van der Waals surface area contributed by atoms with Crippen molar-refractivity contribution in [2.45, 2.75) is 51.2 Å². The van der Waals surface area contributed by atoms with Crippen LogP contribution in [0.3, 0.4) is 0 Å². The van der Waals surface area contributed by atoms with Crippen molar-refractivity contribution in [2.24, 2.45) is 0 Å². The van der Waals surface area contributed by atoms with Gasteiger partial charge < -0.3 is 9.84 Å². The first-order valence-electron chi connectivity index (χ1n) is 6.31. The van der Waals surface area contributed by atoms with Crippen LogP contribution in [0, 0.1) is 5.82 Å². The van der Waals surface area contributed by atoms with E-state index in [1.54, 1.807) is 19.1 Å². The van der Waals surface area contributed by atoms with E-state index in [1.807, 2.05) is 0 Å². The number of hydrogen-bond donors (Lipinski definition) is 1. The lowest BCUT2D eigenvalue weighted by molar-refractivity contribution is 0.154. The molecule has 1 aliphatic rings. The molecule has 1 fully saturated rings. The van der Waals surface area contributed by atoms with Crippen molar-refractivity contribution in [3.63, 3.8) is 0 Å². The number of hydrogen-bond acceptors (Lipinski definition) is 2. The van der Waals surface area contributed by atoms with E-state index in [1.165, 1.54) is 25.3 Å². The molecule has 0 aliphatic heterocycles. The topological polar surface area (TPSA) is 29.5 Å². The number of rotatable bonds is 3. The standard InChI is InChI=1S/C14H19FO2/c1-10(16)13-8-7-12(9-14(13)15)17-11-5-3-2-4-6-11/h7-11,16H,2-6H2,1H3/t10-/m1/s1. The van der Waals surface area contributed by atoms with E-state index in [-0.39, 0.29) is 6.10 Å². The molecule has 0 unspecified atom stereocenters. The summed E-state index contributed by atoms with van der Waals surface area (Å²) in [5.41, 5.74) is 0.320. The summed E-state index contributed by atoms with van der Waals surface area (Å²) in [4.78, 5) is 0. The van der Waals surface area contributed by atoms with Crippen molar-refractivity contribution in [3.05, 3.63) is 29.6 Å². The molecule has 94 valence electrons. The van der Waals surface area contributed by atoms with Crippen LogP contribution < -0.4 is 4.74 Å². The molecule has 1 saturated carbocycles. The summed E-state index contributed by atoms with van der Waals surface area (Å²) in [6.07, 6.45) is 5.21. The average molecular weight is 238 g/mol. The third-order valence-corrected chi connectivity index (χ3v) is 3.28. The van der Waals surface area contributed by atoms with Gasteiger partial charge in [0.05, 0.1) is 12.2 Å². The lowest BCUT2D eigenvalue weighted by Crippen LogP contribution is -2.19. The molecular formula is C14H19FO2. The zero-order chi connectivity index (χ0) is 12.3. The molecule has 0 heterocycles. The first kappa shape index (κ1) is 12.4. The van der Waals surface area contributed by atoms with E-state index in [2.05, 4.69) is 0 Å². The van der Waals surface area contributed by atoms with Gasteiger partial charge in [0.2, 0.25) is 0 Å². The Morgan fingerprint density at radius 2 is 2.00 bits per heavy atom. The number of benzene rings is 1. The van der Waals surface area contributed by atoms with Gasteiger partial charge in [-0.1, -0.05) is 6.42 Å². The minimum absolute atomic E-state index is 0.223. The van der Waals surface area contributed by atoms with E-state index < -0.39 is 11.9 Å². The molecular weight excluding hydrogens is 219 g/mol. The molecule has 0 amide bonds. The third-order valence-electron chi connectivity index (χ3n) is 3.28. The first-order chi connectivity index (χ1) is 8.16. The van der Waals surface area contributed by atoms with Crippen LogP contribution in [-0.4, -0.2) is 11.2 Å². The Bertz CT molecular complexity index is 370. The fraction of sp³-hybridized carbons (Fsp3) is 0.571. The van der Waals surface area contributed by atoms with E-state index in [9.17, 15) is 9.50 Å². The van der Waals surface area contributed by atoms with Gasteiger partial charge in [-0.3, -0.25) is 0 Å². The van der Waals surface area contributed by atoms with Crippen molar-refractivity contribution in [2.75, 3.05) is 0 Å². The summed E-state index contributed by atoms with van der Waals surface area (Å²) in [7, 11) is 0. The molecule has 1 aliphatic carbocycles. The lowest BCUT2D eigenvalue weighted by Gasteiger charge is -2.23. The van der Waals surface area contributed by atoms with Crippen LogP contribution >= 0.6 is 0 Å². The van der Waals surface area contributed by atoms with Gasteiger partial charge in [-0.2, -0.15) is 0 Å². The molecule has 0 aromatic heterocycles. The Morgan fingerprint density at radius 1 is 1.29 bits per heavy atom. The second-order valence-electron chi connectivity index (χ2n) is 4.74. The highest BCUT2D eigenvalue weighted by molar-refractivity contribution is 5.30. The molecule has 1 aromatic carbocycles. The van der Waals surface area contributed by atoms with E-state index in [4.69, 9.17) is 4.74 Å². The molecule has 0 bridgehead atoms. The maximum atomic E-state index is 13.6. The summed E-state index contributed by atoms with van der Waals surface area (Å²) in [5, 5.41) is 9.34. The van der Waals surface area contributed by atoms with Gasteiger partial charge in [-0.25, -0.2) is 4.39 Å². The highest BCUT2D eigenvalue weighted by atomic mass is 19.1. The number of halogens is 1. The molecule has 1 N–H and O–H groups in total. The zero-order valence-electron chi connectivity index (χ0n) is 10.2. The Morgan fingerprint density at radius 3 is 2.59 bits per heavy atom. The monoisotopic (exact) mass is 238 g/mol. The van der Waals surface area contributed by atoms with Gasteiger partial charge in [-0.05, 0) is 44.7 Å². The highest BCUT2D eigenvalue weighted by Gasteiger charge is 2.16. The van der Waals surface area contributed by atoms with Gasteiger partial charge in [0.15, 0.2) is 0 Å². The van der Waals surface area contributed by atoms with Gasteiger partial charge >= 0.3 is 0 Å². The quantitative estimate of drug-likeness (QED) is 0.872.